The molecule has 3 fully saturated rings. The summed E-state index contributed by atoms with van der Waals surface area (Å²) in [6, 6.07) is 0.832. The molecular weight excluding hydrogens is 298 g/mol. The fraction of sp³-hybridized carbons (Fsp3) is 0.941. The van der Waals surface area contributed by atoms with E-state index in [9.17, 15) is 4.79 Å². The fourth-order valence-electron chi connectivity index (χ4n) is 5.11. The molecular formula is C17H32ClN3O. The molecule has 5 heteroatoms. The maximum atomic E-state index is 12.3. The van der Waals surface area contributed by atoms with Crippen molar-refractivity contribution in [1.82, 2.24) is 10.2 Å². The van der Waals surface area contributed by atoms with Crippen molar-refractivity contribution >= 4 is 18.3 Å². The van der Waals surface area contributed by atoms with Crippen LogP contribution in [0.1, 0.15) is 46.0 Å². The van der Waals surface area contributed by atoms with Gasteiger partial charge in [0.25, 0.3) is 0 Å². The molecule has 3 rings (SSSR count). The lowest BCUT2D eigenvalue weighted by Crippen LogP contribution is -2.45. The van der Waals surface area contributed by atoms with Gasteiger partial charge in [-0.05, 0) is 69.7 Å². The van der Waals surface area contributed by atoms with E-state index in [1.165, 1.54) is 25.7 Å². The Balaban J connectivity index is 0.00000176. The topological polar surface area (TPSA) is 58.4 Å². The van der Waals surface area contributed by atoms with Crippen molar-refractivity contribution < 1.29 is 4.79 Å². The summed E-state index contributed by atoms with van der Waals surface area (Å²) in [6.07, 6.45) is 6.68. The van der Waals surface area contributed by atoms with Crippen LogP contribution in [0.15, 0.2) is 0 Å². The molecule has 3 aliphatic rings. The fourth-order valence-corrected chi connectivity index (χ4v) is 5.11. The van der Waals surface area contributed by atoms with Gasteiger partial charge in [-0.15, -0.1) is 12.4 Å². The van der Waals surface area contributed by atoms with Crippen molar-refractivity contribution in [2.24, 2.45) is 29.4 Å². The van der Waals surface area contributed by atoms with Gasteiger partial charge in [0.05, 0.1) is 6.54 Å². The molecule has 0 aromatic carbocycles. The maximum Gasteiger partial charge on any atom is 0.234 e. The van der Waals surface area contributed by atoms with E-state index in [0.29, 0.717) is 24.5 Å². The van der Waals surface area contributed by atoms with Crippen molar-refractivity contribution in [3.63, 3.8) is 0 Å². The number of halogens is 1. The number of carbonyl (C=O) groups is 1. The SMILES string of the molecule is CC(NC(=O)CN1CC(CN)CC1C)C1CC2CCC1C2.Cl. The molecule has 4 nitrogen and oxygen atoms in total. The van der Waals surface area contributed by atoms with Crippen molar-refractivity contribution in [1.29, 1.82) is 0 Å². The molecule has 128 valence electrons. The number of nitrogens with zero attached hydrogens (tertiary/aromatic N) is 1. The molecule has 6 atom stereocenters. The summed E-state index contributed by atoms with van der Waals surface area (Å²) < 4.78 is 0. The number of nitrogens with two attached hydrogens (primary N) is 1. The highest BCUT2D eigenvalue weighted by Gasteiger charge is 2.42. The minimum Gasteiger partial charge on any atom is -0.352 e. The second-order valence-electron chi connectivity index (χ2n) is 7.81. The van der Waals surface area contributed by atoms with Crippen LogP contribution in [-0.4, -0.2) is 42.5 Å². The molecule has 0 radical (unpaired) electrons. The average Bonchev–Trinajstić information content (AvgIpc) is 3.14. The molecule has 2 saturated carbocycles. The minimum absolute atomic E-state index is 0. The number of hydrogen-bond donors (Lipinski definition) is 2. The van der Waals surface area contributed by atoms with E-state index in [-0.39, 0.29) is 18.3 Å². The summed E-state index contributed by atoms with van der Waals surface area (Å²) in [5.41, 5.74) is 5.76. The molecule has 6 unspecified atom stereocenters. The molecule has 22 heavy (non-hydrogen) atoms. The van der Waals surface area contributed by atoms with E-state index in [1.54, 1.807) is 0 Å². The van der Waals surface area contributed by atoms with Gasteiger partial charge in [-0.3, -0.25) is 9.69 Å². The highest BCUT2D eigenvalue weighted by atomic mass is 35.5. The van der Waals surface area contributed by atoms with Crippen molar-refractivity contribution in [2.45, 2.75) is 58.0 Å². The zero-order chi connectivity index (χ0) is 15.0. The Morgan fingerprint density at radius 2 is 2.09 bits per heavy atom. The number of amides is 1. The van der Waals surface area contributed by atoms with E-state index in [1.807, 2.05) is 0 Å². The van der Waals surface area contributed by atoms with Gasteiger partial charge in [0.15, 0.2) is 0 Å². The van der Waals surface area contributed by atoms with Crippen LogP contribution in [0.5, 0.6) is 0 Å². The van der Waals surface area contributed by atoms with Crippen LogP contribution in [-0.2, 0) is 4.79 Å². The van der Waals surface area contributed by atoms with E-state index in [0.717, 1.165) is 37.3 Å². The van der Waals surface area contributed by atoms with E-state index < -0.39 is 0 Å². The van der Waals surface area contributed by atoms with Crippen LogP contribution in [0.2, 0.25) is 0 Å². The third kappa shape index (κ3) is 3.77. The quantitative estimate of drug-likeness (QED) is 0.811. The number of likely N-dealkylation sites (tertiary alicyclic amines) is 1. The molecule has 1 heterocycles. The third-order valence-corrected chi connectivity index (χ3v) is 6.29. The van der Waals surface area contributed by atoms with Gasteiger partial charge in [-0.2, -0.15) is 0 Å². The van der Waals surface area contributed by atoms with Crippen LogP contribution in [0.25, 0.3) is 0 Å². The highest BCUT2D eigenvalue weighted by Crippen LogP contribution is 2.49. The molecule has 0 spiro atoms. The van der Waals surface area contributed by atoms with E-state index in [4.69, 9.17) is 5.73 Å². The number of nitrogens with one attached hydrogen (secondary N) is 1. The first-order valence-corrected chi connectivity index (χ1v) is 8.80. The number of carbonyl (C=O) groups excluding carboxylic acids is 1. The molecule has 1 aliphatic heterocycles. The van der Waals surface area contributed by atoms with E-state index >= 15 is 0 Å². The predicted octanol–water partition coefficient (Wildman–Crippen LogP) is 2.02. The Hall–Kier alpha value is -0.320. The molecule has 2 aliphatic carbocycles. The summed E-state index contributed by atoms with van der Waals surface area (Å²) in [7, 11) is 0. The van der Waals surface area contributed by atoms with Gasteiger partial charge in [0.1, 0.15) is 0 Å². The molecule has 0 aromatic heterocycles. The number of rotatable bonds is 5. The van der Waals surface area contributed by atoms with Crippen molar-refractivity contribution in [3.05, 3.63) is 0 Å². The normalized spacial score (nSPS) is 38.8. The van der Waals surface area contributed by atoms with Gasteiger partial charge in [-0.25, -0.2) is 0 Å². The summed E-state index contributed by atoms with van der Waals surface area (Å²) in [6.45, 7) is 6.68. The Bertz CT molecular complexity index is 392. The Morgan fingerprint density at radius 3 is 2.64 bits per heavy atom. The van der Waals surface area contributed by atoms with Gasteiger partial charge in [0, 0.05) is 18.6 Å². The summed E-state index contributed by atoms with van der Waals surface area (Å²) in [4.78, 5) is 14.6. The van der Waals surface area contributed by atoms with Crippen LogP contribution < -0.4 is 11.1 Å². The van der Waals surface area contributed by atoms with Crippen LogP contribution in [0, 0.1) is 23.7 Å². The van der Waals surface area contributed by atoms with Gasteiger partial charge >= 0.3 is 0 Å². The van der Waals surface area contributed by atoms with Crippen molar-refractivity contribution in [3.8, 4) is 0 Å². The van der Waals surface area contributed by atoms with Gasteiger partial charge in [-0.1, -0.05) is 6.42 Å². The summed E-state index contributed by atoms with van der Waals surface area (Å²) in [5, 5.41) is 3.28. The molecule has 1 amide bonds. The van der Waals surface area contributed by atoms with Crippen LogP contribution in [0.4, 0.5) is 0 Å². The first kappa shape index (κ1) is 18.0. The maximum absolute atomic E-state index is 12.3. The van der Waals surface area contributed by atoms with Crippen LogP contribution >= 0.6 is 12.4 Å². The van der Waals surface area contributed by atoms with Crippen LogP contribution in [0.3, 0.4) is 0 Å². The predicted molar refractivity (Wildman–Crippen MR) is 92.0 cm³/mol. The van der Waals surface area contributed by atoms with Crippen molar-refractivity contribution in [2.75, 3.05) is 19.6 Å². The average molecular weight is 330 g/mol. The monoisotopic (exact) mass is 329 g/mol. The lowest BCUT2D eigenvalue weighted by molar-refractivity contribution is -0.123. The molecule has 0 aromatic rings. The first-order valence-electron chi connectivity index (χ1n) is 8.80. The lowest BCUT2D eigenvalue weighted by Gasteiger charge is -2.29. The largest absolute Gasteiger partial charge is 0.352 e. The standard InChI is InChI=1S/C17H31N3O.ClH/c1-11-5-14(8-18)9-20(11)10-17(21)19-12(2)16-7-13-3-4-15(16)6-13;/h11-16H,3-10,18H2,1-2H3,(H,19,21);1H. The number of fused-ring (bicyclic) bond motifs is 2. The Labute approximate surface area is 141 Å². The van der Waals surface area contributed by atoms with Gasteiger partial charge < -0.3 is 11.1 Å². The van der Waals surface area contributed by atoms with Gasteiger partial charge in [0.2, 0.25) is 5.91 Å². The smallest absolute Gasteiger partial charge is 0.234 e. The Kier molecular flexibility index (Phi) is 6.14. The highest BCUT2D eigenvalue weighted by molar-refractivity contribution is 5.85. The molecule has 2 bridgehead atoms. The lowest BCUT2D eigenvalue weighted by atomic mass is 9.84. The second kappa shape index (κ2) is 7.50. The first-order chi connectivity index (χ1) is 10.1. The van der Waals surface area contributed by atoms with E-state index in [2.05, 4.69) is 24.1 Å². The summed E-state index contributed by atoms with van der Waals surface area (Å²) in [5.74, 6) is 3.31. The zero-order valence-electron chi connectivity index (χ0n) is 14.0. The Morgan fingerprint density at radius 1 is 1.32 bits per heavy atom. The zero-order valence-corrected chi connectivity index (χ0v) is 14.8. The second-order valence-corrected chi connectivity index (χ2v) is 7.81. The minimum atomic E-state index is 0. The number of hydrogen-bond acceptors (Lipinski definition) is 3. The third-order valence-electron chi connectivity index (χ3n) is 6.29. The molecule has 1 saturated heterocycles. The summed E-state index contributed by atoms with van der Waals surface area (Å²) >= 11 is 0. The molecule has 3 N–H and O–H groups in total.